The van der Waals surface area contributed by atoms with Crippen LogP contribution in [0.15, 0.2) is 34.8 Å². The van der Waals surface area contributed by atoms with E-state index in [1.54, 1.807) is 0 Å². The average Bonchev–Trinajstić information content (AvgIpc) is 2.40. The molecule has 0 radical (unpaired) electrons. The first-order chi connectivity index (χ1) is 5.27. The highest BCUT2D eigenvalue weighted by molar-refractivity contribution is 8.05. The summed E-state index contributed by atoms with van der Waals surface area (Å²) in [5.41, 5.74) is 6.28. The van der Waals surface area contributed by atoms with E-state index in [2.05, 4.69) is 0 Å². The van der Waals surface area contributed by atoms with Gasteiger partial charge < -0.3 is 5.73 Å². The molecular weight excluding hydrogens is 158 g/mol. The van der Waals surface area contributed by atoms with Crippen LogP contribution in [0.1, 0.15) is 0 Å². The first kappa shape index (κ1) is 6.73. The lowest BCUT2D eigenvalue weighted by Crippen LogP contribution is -2.22. The van der Waals surface area contributed by atoms with Crippen molar-refractivity contribution in [2.45, 2.75) is 5.25 Å². The Morgan fingerprint density at radius 3 is 3.09 bits per heavy atom. The quantitative estimate of drug-likeness (QED) is 0.629. The minimum atomic E-state index is -0.258. The van der Waals surface area contributed by atoms with Gasteiger partial charge in [0.05, 0.1) is 0 Å². The molecule has 1 amide bonds. The summed E-state index contributed by atoms with van der Waals surface area (Å²) < 4.78 is 0. The zero-order chi connectivity index (χ0) is 7.84. The van der Waals surface area contributed by atoms with Crippen LogP contribution in [0.4, 0.5) is 0 Å². The molecule has 0 saturated carbocycles. The molecule has 0 spiro atoms. The third-order valence-corrected chi connectivity index (χ3v) is 2.92. The standard InChI is InChI=1S/C8H7NOS/c9-8(10)7-4-5-2-1-3-6(5)11-7/h1-4,7H,(H2,9,10). The van der Waals surface area contributed by atoms with E-state index in [1.165, 1.54) is 11.8 Å². The number of fused-ring (bicyclic) bond motifs is 1. The van der Waals surface area contributed by atoms with Crippen LogP contribution in [0.2, 0.25) is 0 Å². The molecule has 2 nitrogen and oxygen atoms in total. The summed E-state index contributed by atoms with van der Waals surface area (Å²) in [4.78, 5) is 11.9. The molecule has 2 rings (SSSR count). The van der Waals surface area contributed by atoms with Gasteiger partial charge in [0.25, 0.3) is 0 Å². The van der Waals surface area contributed by atoms with Crippen LogP contribution < -0.4 is 5.73 Å². The van der Waals surface area contributed by atoms with Gasteiger partial charge in [-0.15, -0.1) is 11.8 Å². The lowest BCUT2D eigenvalue weighted by atomic mass is 10.2. The molecule has 1 heterocycles. The molecule has 0 bridgehead atoms. The Labute approximate surface area is 68.8 Å². The van der Waals surface area contributed by atoms with Crippen molar-refractivity contribution in [1.82, 2.24) is 0 Å². The fraction of sp³-hybridized carbons (Fsp3) is 0.125. The minimum absolute atomic E-state index is 0.152. The summed E-state index contributed by atoms with van der Waals surface area (Å²) in [6.45, 7) is 0. The van der Waals surface area contributed by atoms with Crippen LogP contribution in [0.5, 0.6) is 0 Å². The molecule has 56 valence electrons. The molecule has 0 aromatic rings. The fourth-order valence-corrected chi connectivity index (χ4v) is 2.17. The highest BCUT2D eigenvalue weighted by Crippen LogP contribution is 2.39. The second-order valence-corrected chi connectivity index (χ2v) is 3.64. The van der Waals surface area contributed by atoms with E-state index >= 15 is 0 Å². The van der Waals surface area contributed by atoms with Gasteiger partial charge in [0, 0.05) is 4.91 Å². The molecule has 0 aromatic carbocycles. The SMILES string of the molecule is NC(=O)C1C=C2C=CC=C2S1. The van der Waals surface area contributed by atoms with Gasteiger partial charge in [0.15, 0.2) is 0 Å². The number of primary amides is 1. The molecule has 0 saturated heterocycles. The number of hydrogen-bond acceptors (Lipinski definition) is 2. The Bertz CT molecular complexity index is 301. The van der Waals surface area contributed by atoms with E-state index in [0.29, 0.717) is 0 Å². The number of amides is 1. The molecule has 0 fully saturated rings. The van der Waals surface area contributed by atoms with Crippen LogP contribution in [0.3, 0.4) is 0 Å². The van der Waals surface area contributed by atoms with Gasteiger partial charge in [-0.3, -0.25) is 4.79 Å². The highest BCUT2D eigenvalue weighted by atomic mass is 32.2. The molecule has 11 heavy (non-hydrogen) atoms. The molecular formula is C8H7NOS. The second kappa shape index (κ2) is 2.27. The normalized spacial score (nSPS) is 26.4. The second-order valence-electron chi connectivity index (χ2n) is 2.45. The summed E-state index contributed by atoms with van der Waals surface area (Å²) >= 11 is 1.52. The van der Waals surface area contributed by atoms with E-state index in [1.807, 2.05) is 24.3 Å². The lowest BCUT2D eigenvalue weighted by Gasteiger charge is -1.98. The number of thioether (sulfide) groups is 1. The Kier molecular flexibility index (Phi) is 1.39. The van der Waals surface area contributed by atoms with Crippen LogP contribution in [-0.2, 0) is 4.79 Å². The molecule has 1 unspecified atom stereocenters. The predicted molar refractivity (Wildman–Crippen MR) is 45.9 cm³/mol. The summed E-state index contributed by atoms with van der Waals surface area (Å²) in [6, 6.07) is 0. The summed E-state index contributed by atoms with van der Waals surface area (Å²) in [7, 11) is 0. The van der Waals surface area contributed by atoms with Gasteiger partial charge in [-0.25, -0.2) is 0 Å². The van der Waals surface area contributed by atoms with Crippen molar-refractivity contribution in [3.05, 3.63) is 34.8 Å². The molecule has 0 aromatic heterocycles. The molecule has 2 aliphatic rings. The first-order valence-electron chi connectivity index (χ1n) is 3.34. The zero-order valence-corrected chi connectivity index (χ0v) is 6.60. The maximum absolute atomic E-state index is 10.7. The van der Waals surface area contributed by atoms with Gasteiger partial charge in [0.2, 0.25) is 5.91 Å². The minimum Gasteiger partial charge on any atom is -0.368 e. The summed E-state index contributed by atoms with van der Waals surface area (Å²) in [6.07, 6.45) is 7.87. The molecule has 1 aliphatic heterocycles. The predicted octanol–water partition coefficient (Wildman–Crippen LogP) is 0.967. The van der Waals surface area contributed by atoms with Crippen LogP contribution in [-0.4, -0.2) is 11.2 Å². The monoisotopic (exact) mass is 165 g/mol. The number of allylic oxidation sites excluding steroid dienone is 4. The Hall–Kier alpha value is -0.960. The summed E-state index contributed by atoms with van der Waals surface area (Å²) in [5, 5.41) is -0.152. The maximum atomic E-state index is 10.7. The van der Waals surface area contributed by atoms with Crippen molar-refractivity contribution in [2.75, 3.05) is 0 Å². The number of carbonyl (C=O) groups excluding carboxylic acids is 1. The smallest absolute Gasteiger partial charge is 0.234 e. The van der Waals surface area contributed by atoms with Crippen LogP contribution in [0.25, 0.3) is 0 Å². The third kappa shape index (κ3) is 1.01. The Balaban J connectivity index is 2.27. The van der Waals surface area contributed by atoms with Crippen molar-refractivity contribution < 1.29 is 4.79 Å². The van der Waals surface area contributed by atoms with Gasteiger partial charge >= 0.3 is 0 Å². The lowest BCUT2D eigenvalue weighted by molar-refractivity contribution is -0.116. The highest BCUT2D eigenvalue weighted by Gasteiger charge is 2.25. The number of nitrogens with two attached hydrogens (primary N) is 1. The van der Waals surface area contributed by atoms with Gasteiger partial charge in [0.1, 0.15) is 5.25 Å². The first-order valence-corrected chi connectivity index (χ1v) is 4.22. The van der Waals surface area contributed by atoms with Gasteiger partial charge in [-0.1, -0.05) is 18.2 Å². The van der Waals surface area contributed by atoms with Crippen molar-refractivity contribution in [3.63, 3.8) is 0 Å². The zero-order valence-electron chi connectivity index (χ0n) is 5.78. The largest absolute Gasteiger partial charge is 0.368 e. The fourth-order valence-electron chi connectivity index (χ4n) is 1.14. The van der Waals surface area contributed by atoms with Gasteiger partial charge in [-0.05, 0) is 11.6 Å². The molecule has 1 aliphatic carbocycles. The van der Waals surface area contributed by atoms with E-state index in [0.717, 1.165) is 10.5 Å². The van der Waals surface area contributed by atoms with Crippen molar-refractivity contribution in [1.29, 1.82) is 0 Å². The Morgan fingerprint density at radius 2 is 2.45 bits per heavy atom. The van der Waals surface area contributed by atoms with Crippen molar-refractivity contribution in [3.8, 4) is 0 Å². The number of hydrogen-bond donors (Lipinski definition) is 1. The van der Waals surface area contributed by atoms with Crippen LogP contribution in [0, 0.1) is 0 Å². The maximum Gasteiger partial charge on any atom is 0.234 e. The van der Waals surface area contributed by atoms with E-state index < -0.39 is 0 Å². The Morgan fingerprint density at radius 1 is 1.64 bits per heavy atom. The molecule has 2 N–H and O–H groups in total. The third-order valence-electron chi connectivity index (χ3n) is 1.67. The summed E-state index contributed by atoms with van der Waals surface area (Å²) in [5.74, 6) is -0.258. The average molecular weight is 165 g/mol. The molecule has 3 heteroatoms. The van der Waals surface area contributed by atoms with E-state index in [9.17, 15) is 4.79 Å². The molecule has 1 atom stereocenters. The van der Waals surface area contributed by atoms with Crippen molar-refractivity contribution >= 4 is 17.7 Å². The number of rotatable bonds is 1. The van der Waals surface area contributed by atoms with Crippen molar-refractivity contribution in [2.24, 2.45) is 5.73 Å². The van der Waals surface area contributed by atoms with E-state index in [-0.39, 0.29) is 11.2 Å². The number of carbonyl (C=O) groups is 1. The van der Waals surface area contributed by atoms with Crippen LogP contribution >= 0.6 is 11.8 Å². The van der Waals surface area contributed by atoms with E-state index in [4.69, 9.17) is 5.73 Å². The van der Waals surface area contributed by atoms with Gasteiger partial charge in [-0.2, -0.15) is 0 Å². The topological polar surface area (TPSA) is 43.1 Å².